The van der Waals surface area contributed by atoms with Crippen molar-refractivity contribution in [3.8, 4) is 0 Å². The van der Waals surface area contributed by atoms with Crippen molar-refractivity contribution in [3.63, 3.8) is 0 Å². The van der Waals surface area contributed by atoms with E-state index in [2.05, 4.69) is 10.1 Å². The van der Waals surface area contributed by atoms with Crippen LogP contribution in [0, 0.1) is 0 Å². The Balaban J connectivity index is 1.66. The normalized spacial score (nSPS) is 13.9. The molecule has 0 bridgehead atoms. The molecule has 0 saturated carbocycles. The van der Waals surface area contributed by atoms with Crippen molar-refractivity contribution >= 4 is 17.6 Å². The fourth-order valence-electron chi connectivity index (χ4n) is 2.74. The number of esters is 1. The highest BCUT2D eigenvalue weighted by molar-refractivity contribution is 5.94. The minimum absolute atomic E-state index is 0.136. The Morgan fingerprint density at radius 1 is 1.09 bits per heavy atom. The Labute approximate surface area is 138 Å². The van der Waals surface area contributed by atoms with Gasteiger partial charge in [0.15, 0.2) is 0 Å². The first-order valence-corrected chi connectivity index (χ1v) is 8.41. The second kappa shape index (κ2) is 9.18. The molecular formula is C18H26N2O3. The second-order valence-electron chi connectivity index (χ2n) is 5.89. The number of hydrogen-bond acceptors (Lipinski definition) is 4. The molecular weight excluding hydrogens is 292 g/mol. The molecule has 1 heterocycles. The predicted molar refractivity (Wildman–Crippen MR) is 90.6 cm³/mol. The molecule has 0 aliphatic carbocycles. The SMILES string of the molecule is COC(=O)CCCCCNc1ccc(C(=O)N2CCCC2)cc1. The molecule has 0 radical (unpaired) electrons. The third-order valence-electron chi connectivity index (χ3n) is 4.14. The topological polar surface area (TPSA) is 58.6 Å². The lowest BCUT2D eigenvalue weighted by atomic mass is 10.1. The van der Waals surface area contributed by atoms with Gasteiger partial charge in [0.2, 0.25) is 0 Å². The number of carbonyl (C=O) groups excluding carboxylic acids is 2. The highest BCUT2D eigenvalue weighted by Gasteiger charge is 2.18. The van der Waals surface area contributed by atoms with Gasteiger partial charge in [0.25, 0.3) is 5.91 Å². The summed E-state index contributed by atoms with van der Waals surface area (Å²) in [6.07, 6.45) is 5.57. The summed E-state index contributed by atoms with van der Waals surface area (Å²) in [5.41, 5.74) is 1.78. The molecule has 126 valence electrons. The summed E-state index contributed by atoms with van der Waals surface area (Å²) in [5.74, 6) is -0.00641. The number of likely N-dealkylation sites (tertiary alicyclic amines) is 1. The maximum atomic E-state index is 12.2. The minimum atomic E-state index is -0.142. The van der Waals surface area contributed by atoms with Crippen molar-refractivity contribution in [1.82, 2.24) is 4.90 Å². The molecule has 1 saturated heterocycles. The number of methoxy groups -OCH3 is 1. The second-order valence-corrected chi connectivity index (χ2v) is 5.89. The number of hydrogen-bond donors (Lipinski definition) is 1. The fraction of sp³-hybridized carbons (Fsp3) is 0.556. The average molecular weight is 318 g/mol. The number of unbranched alkanes of at least 4 members (excludes halogenated alkanes) is 2. The number of nitrogens with zero attached hydrogens (tertiary/aromatic N) is 1. The molecule has 0 spiro atoms. The number of benzene rings is 1. The molecule has 1 aliphatic rings. The molecule has 1 aliphatic heterocycles. The van der Waals surface area contributed by atoms with E-state index in [4.69, 9.17) is 0 Å². The number of carbonyl (C=O) groups is 2. The van der Waals surface area contributed by atoms with Crippen LogP contribution in [0.25, 0.3) is 0 Å². The van der Waals surface area contributed by atoms with Crippen LogP contribution in [0.5, 0.6) is 0 Å². The summed E-state index contributed by atoms with van der Waals surface area (Å²) in [6.45, 7) is 2.62. The van der Waals surface area contributed by atoms with Gasteiger partial charge in [-0.25, -0.2) is 0 Å². The van der Waals surface area contributed by atoms with Crippen molar-refractivity contribution in [1.29, 1.82) is 0 Å². The molecule has 0 unspecified atom stereocenters. The van der Waals surface area contributed by atoms with Crippen molar-refractivity contribution in [3.05, 3.63) is 29.8 Å². The lowest BCUT2D eigenvalue weighted by molar-refractivity contribution is -0.140. The summed E-state index contributed by atoms with van der Waals surface area (Å²) >= 11 is 0. The first-order chi connectivity index (χ1) is 11.2. The average Bonchev–Trinajstić information content (AvgIpc) is 3.12. The highest BCUT2D eigenvalue weighted by atomic mass is 16.5. The molecule has 1 aromatic carbocycles. The lowest BCUT2D eigenvalue weighted by Gasteiger charge is -2.15. The number of nitrogens with one attached hydrogen (secondary N) is 1. The van der Waals surface area contributed by atoms with Crippen LogP contribution in [-0.2, 0) is 9.53 Å². The zero-order chi connectivity index (χ0) is 16.5. The van der Waals surface area contributed by atoms with Crippen molar-refractivity contribution in [2.24, 2.45) is 0 Å². The van der Waals surface area contributed by atoms with Crippen LogP contribution in [0.1, 0.15) is 48.9 Å². The third-order valence-corrected chi connectivity index (χ3v) is 4.14. The van der Waals surface area contributed by atoms with E-state index >= 15 is 0 Å². The van der Waals surface area contributed by atoms with Gasteiger partial charge in [-0.15, -0.1) is 0 Å². The molecule has 1 N–H and O–H groups in total. The summed E-state index contributed by atoms with van der Waals surface area (Å²) in [5, 5.41) is 3.34. The van der Waals surface area contributed by atoms with Gasteiger partial charge in [-0.1, -0.05) is 6.42 Å². The Morgan fingerprint density at radius 3 is 2.43 bits per heavy atom. The molecule has 2 rings (SSSR count). The summed E-state index contributed by atoms with van der Waals surface area (Å²) < 4.78 is 4.61. The minimum Gasteiger partial charge on any atom is -0.469 e. The quantitative estimate of drug-likeness (QED) is 0.591. The van der Waals surface area contributed by atoms with Crippen molar-refractivity contribution < 1.29 is 14.3 Å². The first kappa shape index (κ1) is 17.3. The third kappa shape index (κ3) is 5.58. The number of amides is 1. The van der Waals surface area contributed by atoms with E-state index in [-0.39, 0.29) is 11.9 Å². The Hall–Kier alpha value is -2.04. The van der Waals surface area contributed by atoms with Crippen LogP contribution < -0.4 is 5.32 Å². The summed E-state index contributed by atoms with van der Waals surface area (Å²) in [4.78, 5) is 25.1. The van der Waals surface area contributed by atoms with E-state index < -0.39 is 0 Å². The van der Waals surface area contributed by atoms with E-state index in [1.54, 1.807) is 0 Å². The van der Waals surface area contributed by atoms with Crippen LogP contribution >= 0.6 is 0 Å². The van der Waals surface area contributed by atoms with Crippen LogP contribution in [0.4, 0.5) is 5.69 Å². The monoisotopic (exact) mass is 318 g/mol. The van der Waals surface area contributed by atoms with Crippen LogP contribution in [0.3, 0.4) is 0 Å². The molecule has 0 aromatic heterocycles. The molecule has 1 aromatic rings. The van der Waals surface area contributed by atoms with Gasteiger partial charge in [0.05, 0.1) is 7.11 Å². The van der Waals surface area contributed by atoms with E-state index in [1.807, 2.05) is 29.2 Å². The van der Waals surface area contributed by atoms with E-state index in [1.165, 1.54) is 7.11 Å². The summed E-state index contributed by atoms with van der Waals surface area (Å²) in [6, 6.07) is 7.69. The molecule has 23 heavy (non-hydrogen) atoms. The van der Waals surface area contributed by atoms with Crippen LogP contribution in [-0.4, -0.2) is 43.5 Å². The smallest absolute Gasteiger partial charge is 0.305 e. The van der Waals surface area contributed by atoms with Gasteiger partial charge in [-0.2, -0.15) is 0 Å². The predicted octanol–water partition coefficient (Wildman–Crippen LogP) is 3.07. The zero-order valence-electron chi connectivity index (χ0n) is 13.8. The number of rotatable bonds is 8. The summed E-state index contributed by atoms with van der Waals surface area (Å²) in [7, 11) is 1.42. The van der Waals surface area contributed by atoms with Gasteiger partial charge in [-0.3, -0.25) is 9.59 Å². The number of ether oxygens (including phenoxy) is 1. The Kier molecular flexibility index (Phi) is 6.91. The molecule has 1 amide bonds. The Morgan fingerprint density at radius 2 is 1.78 bits per heavy atom. The van der Waals surface area contributed by atoms with Gasteiger partial charge in [0, 0.05) is 37.3 Å². The first-order valence-electron chi connectivity index (χ1n) is 8.41. The maximum Gasteiger partial charge on any atom is 0.305 e. The van der Waals surface area contributed by atoms with Crippen LogP contribution in [0.2, 0.25) is 0 Å². The standard InChI is InChI=1S/C18H26N2O3/c1-23-17(21)7-3-2-4-12-19-16-10-8-15(9-11-16)18(22)20-13-5-6-14-20/h8-11,19H,2-7,12-14H2,1H3. The van der Waals surface area contributed by atoms with Gasteiger partial charge in [-0.05, 0) is 49.9 Å². The van der Waals surface area contributed by atoms with Crippen LogP contribution in [0.15, 0.2) is 24.3 Å². The number of anilines is 1. The van der Waals surface area contributed by atoms with Crippen molar-refractivity contribution in [2.75, 3.05) is 32.1 Å². The maximum absolute atomic E-state index is 12.2. The Bertz CT molecular complexity index is 508. The molecule has 0 atom stereocenters. The largest absolute Gasteiger partial charge is 0.469 e. The van der Waals surface area contributed by atoms with E-state index in [0.29, 0.717) is 6.42 Å². The lowest BCUT2D eigenvalue weighted by Crippen LogP contribution is -2.27. The van der Waals surface area contributed by atoms with E-state index in [0.717, 1.165) is 63.0 Å². The van der Waals surface area contributed by atoms with Gasteiger partial charge >= 0.3 is 5.97 Å². The highest BCUT2D eigenvalue weighted by Crippen LogP contribution is 2.15. The molecule has 1 fully saturated rings. The van der Waals surface area contributed by atoms with Gasteiger partial charge in [0.1, 0.15) is 0 Å². The molecule has 5 heteroatoms. The molecule has 5 nitrogen and oxygen atoms in total. The zero-order valence-corrected chi connectivity index (χ0v) is 13.8. The fourth-order valence-corrected chi connectivity index (χ4v) is 2.74. The van der Waals surface area contributed by atoms with Gasteiger partial charge < -0.3 is 15.0 Å². The van der Waals surface area contributed by atoms with Crippen molar-refractivity contribution in [2.45, 2.75) is 38.5 Å². The van der Waals surface area contributed by atoms with E-state index in [9.17, 15) is 9.59 Å².